The quantitative estimate of drug-likeness (QED) is 0.859. The average molecular weight is 367 g/mol. The molecule has 2 aromatic rings. The number of rotatable bonds is 4. The van der Waals surface area contributed by atoms with Crippen molar-refractivity contribution >= 4 is 22.5 Å². The van der Waals surface area contributed by atoms with E-state index in [1.54, 1.807) is 0 Å². The second-order valence-electron chi connectivity index (χ2n) is 7.72. The second kappa shape index (κ2) is 8.28. The first-order valence-corrected chi connectivity index (χ1v) is 10.1. The fraction of sp³-hybridized carbons (Fsp3) is 0.500. The van der Waals surface area contributed by atoms with E-state index in [0.717, 1.165) is 55.6 Å². The second-order valence-corrected chi connectivity index (χ2v) is 7.72. The van der Waals surface area contributed by atoms with Crippen molar-refractivity contribution in [2.24, 2.45) is 0 Å². The molecule has 2 N–H and O–H groups in total. The molecule has 1 heterocycles. The molecular formula is C22H29N3O2. The van der Waals surface area contributed by atoms with Crippen LogP contribution < -0.4 is 10.6 Å². The summed E-state index contributed by atoms with van der Waals surface area (Å²) in [5, 5.41) is 8.42. The number of ether oxygens (including phenoxy) is 1. The third kappa shape index (κ3) is 4.09. The van der Waals surface area contributed by atoms with Crippen LogP contribution in [-0.4, -0.2) is 49.3 Å². The third-order valence-corrected chi connectivity index (χ3v) is 6.08. The van der Waals surface area contributed by atoms with Gasteiger partial charge in [-0.05, 0) is 24.3 Å². The molecule has 0 aromatic heterocycles. The minimum atomic E-state index is -0.121. The first-order valence-electron chi connectivity index (χ1n) is 10.1. The summed E-state index contributed by atoms with van der Waals surface area (Å²) in [6.45, 7) is 4.22. The number of urea groups is 1. The van der Waals surface area contributed by atoms with E-state index >= 15 is 0 Å². The van der Waals surface area contributed by atoms with Gasteiger partial charge in [0.1, 0.15) is 0 Å². The molecule has 2 aliphatic rings. The fourth-order valence-electron chi connectivity index (χ4n) is 4.60. The summed E-state index contributed by atoms with van der Waals surface area (Å²) in [7, 11) is 0. The van der Waals surface area contributed by atoms with Crippen molar-refractivity contribution in [2.45, 2.75) is 37.6 Å². The summed E-state index contributed by atoms with van der Waals surface area (Å²) >= 11 is 0. The van der Waals surface area contributed by atoms with Crippen LogP contribution in [0.1, 0.15) is 32.1 Å². The van der Waals surface area contributed by atoms with Gasteiger partial charge in [-0.1, -0.05) is 55.7 Å². The van der Waals surface area contributed by atoms with Gasteiger partial charge >= 0.3 is 6.03 Å². The van der Waals surface area contributed by atoms with Gasteiger partial charge in [0.2, 0.25) is 0 Å². The number of fused-ring (bicyclic) bond motifs is 1. The molecule has 0 radical (unpaired) electrons. The Morgan fingerprint density at radius 2 is 1.74 bits per heavy atom. The molecule has 2 amide bonds. The van der Waals surface area contributed by atoms with E-state index < -0.39 is 0 Å². The van der Waals surface area contributed by atoms with Gasteiger partial charge in [0.25, 0.3) is 0 Å². The minimum Gasteiger partial charge on any atom is -0.379 e. The lowest BCUT2D eigenvalue weighted by atomic mass is 9.80. The topological polar surface area (TPSA) is 53.6 Å². The molecule has 0 unspecified atom stereocenters. The highest BCUT2D eigenvalue weighted by molar-refractivity contribution is 6.01. The molecule has 0 bridgehead atoms. The molecule has 1 aliphatic carbocycles. The van der Waals surface area contributed by atoms with Crippen LogP contribution in [0.15, 0.2) is 42.5 Å². The number of benzene rings is 2. The van der Waals surface area contributed by atoms with Gasteiger partial charge in [-0.2, -0.15) is 0 Å². The van der Waals surface area contributed by atoms with E-state index in [1.165, 1.54) is 19.3 Å². The Bertz CT molecular complexity index is 775. The van der Waals surface area contributed by atoms with Crippen molar-refractivity contribution in [1.29, 1.82) is 0 Å². The number of nitrogens with one attached hydrogen (secondary N) is 2. The van der Waals surface area contributed by atoms with Crippen LogP contribution in [0.25, 0.3) is 10.8 Å². The molecule has 5 heteroatoms. The van der Waals surface area contributed by atoms with Gasteiger partial charge in [0, 0.05) is 30.6 Å². The van der Waals surface area contributed by atoms with Gasteiger partial charge in [0.05, 0.1) is 18.9 Å². The molecule has 1 saturated heterocycles. The van der Waals surface area contributed by atoms with E-state index in [1.807, 2.05) is 30.3 Å². The summed E-state index contributed by atoms with van der Waals surface area (Å²) in [6.07, 6.45) is 6.09. The zero-order chi connectivity index (χ0) is 18.5. The highest BCUT2D eigenvalue weighted by Crippen LogP contribution is 2.34. The molecule has 0 atom stereocenters. The Kier molecular flexibility index (Phi) is 5.60. The fourth-order valence-corrected chi connectivity index (χ4v) is 4.60. The van der Waals surface area contributed by atoms with E-state index in [2.05, 4.69) is 27.7 Å². The molecule has 1 saturated carbocycles. The number of nitrogens with zero attached hydrogens (tertiary/aromatic N) is 1. The summed E-state index contributed by atoms with van der Waals surface area (Å²) in [4.78, 5) is 15.2. The van der Waals surface area contributed by atoms with Crippen molar-refractivity contribution in [2.75, 3.05) is 38.2 Å². The summed E-state index contributed by atoms with van der Waals surface area (Å²) < 4.78 is 5.54. The highest BCUT2D eigenvalue weighted by atomic mass is 16.5. The minimum absolute atomic E-state index is 0.0815. The van der Waals surface area contributed by atoms with Crippen LogP contribution in [0.4, 0.5) is 10.5 Å². The SMILES string of the molecule is O=C(NCC1(N2CCOCC2)CCCCC1)Nc1cccc2ccccc12. The van der Waals surface area contributed by atoms with Crippen molar-refractivity contribution in [1.82, 2.24) is 10.2 Å². The van der Waals surface area contributed by atoms with Crippen LogP contribution in [-0.2, 0) is 4.74 Å². The number of carbonyl (C=O) groups excluding carboxylic acids is 1. The number of hydrogen-bond donors (Lipinski definition) is 2. The van der Waals surface area contributed by atoms with E-state index in [-0.39, 0.29) is 11.6 Å². The summed E-state index contributed by atoms with van der Waals surface area (Å²) in [5.41, 5.74) is 0.938. The maximum Gasteiger partial charge on any atom is 0.319 e. The maximum atomic E-state index is 12.7. The van der Waals surface area contributed by atoms with Crippen LogP contribution in [0.3, 0.4) is 0 Å². The first kappa shape index (κ1) is 18.3. The van der Waals surface area contributed by atoms with Gasteiger partial charge in [-0.15, -0.1) is 0 Å². The Morgan fingerprint density at radius 1 is 1.00 bits per heavy atom. The molecule has 1 aliphatic heterocycles. The number of carbonyl (C=O) groups is 1. The zero-order valence-electron chi connectivity index (χ0n) is 15.9. The van der Waals surface area contributed by atoms with Crippen molar-refractivity contribution < 1.29 is 9.53 Å². The molecular weight excluding hydrogens is 338 g/mol. The molecule has 2 aromatic carbocycles. The molecule has 144 valence electrons. The van der Waals surface area contributed by atoms with Crippen molar-refractivity contribution in [3.63, 3.8) is 0 Å². The van der Waals surface area contributed by atoms with E-state index in [9.17, 15) is 4.79 Å². The molecule has 2 fully saturated rings. The van der Waals surface area contributed by atoms with E-state index in [4.69, 9.17) is 4.74 Å². The smallest absolute Gasteiger partial charge is 0.319 e. The maximum absolute atomic E-state index is 12.7. The first-order chi connectivity index (χ1) is 13.3. The van der Waals surface area contributed by atoms with Crippen LogP contribution in [0.2, 0.25) is 0 Å². The zero-order valence-corrected chi connectivity index (χ0v) is 15.9. The summed E-state index contributed by atoms with van der Waals surface area (Å²) in [6, 6.07) is 14.0. The molecule has 27 heavy (non-hydrogen) atoms. The van der Waals surface area contributed by atoms with Gasteiger partial charge in [-0.3, -0.25) is 4.90 Å². The Hall–Kier alpha value is -2.11. The largest absolute Gasteiger partial charge is 0.379 e. The van der Waals surface area contributed by atoms with E-state index in [0.29, 0.717) is 6.54 Å². The van der Waals surface area contributed by atoms with Crippen molar-refractivity contribution in [3.05, 3.63) is 42.5 Å². The third-order valence-electron chi connectivity index (χ3n) is 6.08. The standard InChI is InChI=1S/C22H29N3O2/c26-21(24-20-10-6-8-18-7-2-3-9-19(18)20)23-17-22(11-4-1-5-12-22)25-13-15-27-16-14-25/h2-3,6-10H,1,4-5,11-17H2,(H2,23,24,26). The number of amides is 2. The number of morpholine rings is 1. The lowest BCUT2D eigenvalue weighted by Gasteiger charge is -2.48. The van der Waals surface area contributed by atoms with Gasteiger partial charge in [0.15, 0.2) is 0 Å². The molecule has 0 spiro atoms. The normalized spacial score (nSPS) is 20.3. The summed E-state index contributed by atoms with van der Waals surface area (Å²) in [5.74, 6) is 0. The lowest BCUT2D eigenvalue weighted by molar-refractivity contribution is -0.0356. The van der Waals surface area contributed by atoms with Crippen LogP contribution in [0, 0.1) is 0 Å². The lowest BCUT2D eigenvalue weighted by Crippen LogP contribution is -2.60. The average Bonchev–Trinajstić information content (AvgIpc) is 2.74. The predicted octanol–water partition coefficient (Wildman–Crippen LogP) is 4.00. The number of anilines is 1. The monoisotopic (exact) mass is 367 g/mol. The van der Waals surface area contributed by atoms with Gasteiger partial charge in [-0.25, -0.2) is 4.79 Å². The van der Waals surface area contributed by atoms with Crippen molar-refractivity contribution in [3.8, 4) is 0 Å². The Morgan fingerprint density at radius 3 is 2.56 bits per heavy atom. The highest BCUT2D eigenvalue weighted by Gasteiger charge is 2.38. The molecule has 5 nitrogen and oxygen atoms in total. The van der Waals surface area contributed by atoms with Gasteiger partial charge < -0.3 is 15.4 Å². The molecule has 4 rings (SSSR count). The Balaban J connectivity index is 1.43. The number of hydrogen-bond acceptors (Lipinski definition) is 3. The Labute approximate surface area is 161 Å². The predicted molar refractivity (Wildman–Crippen MR) is 109 cm³/mol. The van der Waals surface area contributed by atoms with Crippen LogP contribution in [0.5, 0.6) is 0 Å². The van der Waals surface area contributed by atoms with Crippen LogP contribution >= 0.6 is 0 Å².